The Morgan fingerprint density at radius 1 is 1.30 bits per heavy atom. The van der Waals surface area contributed by atoms with E-state index in [1.165, 1.54) is 0 Å². The number of likely N-dealkylation sites (N-methyl/N-ethyl adjacent to an activating group) is 1. The third kappa shape index (κ3) is 4.45. The number of ether oxygens (including phenoxy) is 1. The summed E-state index contributed by atoms with van der Waals surface area (Å²) in [4.78, 5) is 4.76. The lowest BCUT2D eigenvalue weighted by Gasteiger charge is -2.32. The summed E-state index contributed by atoms with van der Waals surface area (Å²) in [6, 6.07) is 5.75. The molecule has 0 unspecified atom stereocenters. The van der Waals surface area contributed by atoms with Gasteiger partial charge in [0, 0.05) is 42.8 Å². The molecule has 4 nitrogen and oxygen atoms in total. The van der Waals surface area contributed by atoms with E-state index in [9.17, 15) is 5.11 Å². The summed E-state index contributed by atoms with van der Waals surface area (Å²) in [7, 11) is 2.16. The molecule has 1 aliphatic heterocycles. The SMILES string of the molecule is C[C@H](O)c1ccc(Br)cc1OCCN1CCN(C)CC1. The van der Waals surface area contributed by atoms with Gasteiger partial charge in [-0.25, -0.2) is 0 Å². The molecule has 1 fully saturated rings. The Kier molecular flexibility index (Phi) is 5.84. The number of halogens is 1. The first-order valence-electron chi connectivity index (χ1n) is 7.07. The van der Waals surface area contributed by atoms with Crippen LogP contribution in [0.4, 0.5) is 0 Å². The molecule has 1 heterocycles. The van der Waals surface area contributed by atoms with E-state index >= 15 is 0 Å². The monoisotopic (exact) mass is 342 g/mol. The Balaban J connectivity index is 1.86. The fourth-order valence-electron chi connectivity index (χ4n) is 2.33. The zero-order chi connectivity index (χ0) is 14.5. The maximum absolute atomic E-state index is 9.76. The highest BCUT2D eigenvalue weighted by atomic mass is 79.9. The standard InChI is InChI=1S/C15H23BrN2O2/c1-12(19)14-4-3-13(16)11-15(14)20-10-9-18-7-5-17(2)6-8-18/h3-4,11-12,19H,5-10H2,1-2H3/t12-/m0/s1. The lowest BCUT2D eigenvalue weighted by Crippen LogP contribution is -2.45. The van der Waals surface area contributed by atoms with Gasteiger partial charge in [-0.05, 0) is 26.1 Å². The molecular formula is C15H23BrN2O2. The van der Waals surface area contributed by atoms with E-state index in [1.54, 1.807) is 6.92 Å². The van der Waals surface area contributed by atoms with Crippen LogP contribution in [0.3, 0.4) is 0 Å². The first kappa shape index (κ1) is 15.8. The Bertz CT molecular complexity index is 432. The maximum atomic E-state index is 9.76. The quantitative estimate of drug-likeness (QED) is 0.889. The number of nitrogens with zero attached hydrogens (tertiary/aromatic N) is 2. The van der Waals surface area contributed by atoms with E-state index in [4.69, 9.17) is 4.74 Å². The average Bonchev–Trinajstić information content (AvgIpc) is 2.41. The summed E-state index contributed by atoms with van der Waals surface area (Å²) in [6.07, 6.45) is -0.512. The van der Waals surface area contributed by atoms with Crippen LogP contribution in [-0.2, 0) is 0 Å². The molecule has 1 atom stereocenters. The second-order valence-electron chi connectivity index (χ2n) is 5.35. The number of hydrogen-bond acceptors (Lipinski definition) is 4. The molecular weight excluding hydrogens is 320 g/mol. The molecule has 1 N–H and O–H groups in total. The number of aliphatic hydroxyl groups is 1. The molecule has 1 aromatic carbocycles. The number of aliphatic hydroxyl groups excluding tert-OH is 1. The van der Waals surface area contributed by atoms with Crippen LogP contribution in [0.5, 0.6) is 5.75 Å². The summed E-state index contributed by atoms with van der Waals surface area (Å²) < 4.78 is 6.83. The van der Waals surface area contributed by atoms with Gasteiger partial charge in [0.25, 0.3) is 0 Å². The summed E-state index contributed by atoms with van der Waals surface area (Å²) in [5.74, 6) is 0.767. The molecule has 1 aromatic rings. The van der Waals surface area contributed by atoms with Gasteiger partial charge < -0.3 is 14.7 Å². The van der Waals surface area contributed by atoms with E-state index in [1.807, 2.05) is 18.2 Å². The smallest absolute Gasteiger partial charge is 0.126 e. The molecule has 5 heteroatoms. The molecule has 2 rings (SSSR count). The summed E-state index contributed by atoms with van der Waals surface area (Å²) >= 11 is 3.44. The first-order valence-corrected chi connectivity index (χ1v) is 7.87. The van der Waals surface area contributed by atoms with Gasteiger partial charge in [-0.1, -0.05) is 22.0 Å². The van der Waals surface area contributed by atoms with Crippen LogP contribution in [0.2, 0.25) is 0 Å². The second kappa shape index (κ2) is 7.41. The minimum atomic E-state index is -0.512. The third-order valence-corrected chi connectivity index (χ3v) is 4.18. The average molecular weight is 343 g/mol. The molecule has 0 spiro atoms. The molecule has 0 aromatic heterocycles. The molecule has 0 bridgehead atoms. The maximum Gasteiger partial charge on any atom is 0.126 e. The molecule has 0 amide bonds. The predicted octanol–water partition coefficient (Wildman–Crippen LogP) is 2.13. The zero-order valence-corrected chi connectivity index (χ0v) is 13.8. The van der Waals surface area contributed by atoms with Crippen LogP contribution in [0.25, 0.3) is 0 Å². The van der Waals surface area contributed by atoms with Crippen LogP contribution in [0, 0.1) is 0 Å². The van der Waals surface area contributed by atoms with Crippen molar-refractivity contribution in [3.63, 3.8) is 0 Å². The van der Waals surface area contributed by atoms with Crippen molar-refractivity contribution in [2.75, 3.05) is 46.4 Å². The Morgan fingerprint density at radius 3 is 2.65 bits per heavy atom. The first-order chi connectivity index (χ1) is 9.56. The number of hydrogen-bond donors (Lipinski definition) is 1. The van der Waals surface area contributed by atoms with Crippen molar-refractivity contribution in [3.8, 4) is 5.75 Å². The molecule has 1 aliphatic rings. The van der Waals surface area contributed by atoms with Crippen LogP contribution in [0.1, 0.15) is 18.6 Å². The lowest BCUT2D eigenvalue weighted by molar-refractivity contribution is 0.131. The van der Waals surface area contributed by atoms with E-state index < -0.39 is 6.10 Å². The van der Waals surface area contributed by atoms with Crippen LogP contribution in [0.15, 0.2) is 22.7 Å². The highest BCUT2D eigenvalue weighted by molar-refractivity contribution is 9.10. The van der Waals surface area contributed by atoms with E-state index in [-0.39, 0.29) is 0 Å². The summed E-state index contributed by atoms with van der Waals surface area (Å²) in [6.45, 7) is 7.78. The fourth-order valence-corrected chi connectivity index (χ4v) is 2.67. The Hall–Kier alpha value is -0.620. The van der Waals surface area contributed by atoms with E-state index in [0.717, 1.165) is 48.5 Å². The molecule has 0 aliphatic carbocycles. The Labute approximate surface area is 129 Å². The largest absolute Gasteiger partial charge is 0.492 e. The third-order valence-electron chi connectivity index (χ3n) is 3.69. The van der Waals surface area contributed by atoms with Crippen molar-refractivity contribution < 1.29 is 9.84 Å². The topological polar surface area (TPSA) is 35.9 Å². The number of piperazine rings is 1. The Morgan fingerprint density at radius 2 is 2.00 bits per heavy atom. The van der Waals surface area contributed by atoms with Gasteiger partial charge in [0.15, 0.2) is 0 Å². The van der Waals surface area contributed by atoms with Crippen molar-refractivity contribution in [1.82, 2.24) is 9.80 Å². The zero-order valence-electron chi connectivity index (χ0n) is 12.2. The molecule has 0 saturated carbocycles. The van der Waals surface area contributed by atoms with E-state index in [0.29, 0.717) is 6.61 Å². The molecule has 20 heavy (non-hydrogen) atoms. The minimum Gasteiger partial charge on any atom is -0.492 e. The van der Waals surface area contributed by atoms with Gasteiger partial charge in [0.05, 0.1) is 6.10 Å². The second-order valence-corrected chi connectivity index (χ2v) is 6.27. The van der Waals surface area contributed by atoms with Gasteiger partial charge in [-0.2, -0.15) is 0 Å². The highest BCUT2D eigenvalue weighted by Gasteiger charge is 2.14. The van der Waals surface area contributed by atoms with Gasteiger partial charge in [0.1, 0.15) is 12.4 Å². The summed E-state index contributed by atoms with van der Waals surface area (Å²) in [5, 5.41) is 9.76. The number of benzene rings is 1. The van der Waals surface area contributed by atoms with Crippen molar-refractivity contribution in [2.24, 2.45) is 0 Å². The lowest BCUT2D eigenvalue weighted by atomic mass is 10.1. The van der Waals surface area contributed by atoms with Gasteiger partial charge in [0.2, 0.25) is 0 Å². The van der Waals surface area contributed by atoms with Gasteiger partial charge in [-0.15, -0.1) is 0 Å². The van der Waals surface area contributed by atoms with Crippen molar-refractivity contribution >= 4 is 15.9 Å². The normalized spacial score (nSPS) is 19.0. The fraction of sp³-hybridized carbons (Fsp3) is 0.600. The van der Waals surface area contributed by atoms with Gasteiger partial charge >= 0.3 is 0 Å². The molecule has 1 saturated heterocycles. The van der Waals surface area contributed by atoms with Crippen molar-refractivity contribution in [1.29, 1.82) is 0 Å². The molecule has 112 valence electrons. The van der Waals surface area contributed by atoms with E-state index in [2.05, 4.69) is 32.8 Å². The van der Waals surface area contributed by atoms with Crippen LogP contribution >= 0.6 is 15.9 Å². The number of rotatable bonds is 5. The summed E-state index contributed by atoms with van der Waals surface area (Å²) in [5.41, 5.74) is 0.839. The molecule has 0 radical (unpaired) electrons. The highest BCUT2D eigenvalue weighted by Crippen LogP contribution is 2.28. The van der Waals surface area contributed by atoms with Crippen LogP contribution < -0.4 is 4.74 Å². The van der Waals surface area contributed by atoms with Crippen LogP contribution in [-0.4, -0.2) is 61.3 Å². The van der Waals surface area contributed by atoms with Crippen molar-refractivity contribution in [3.05, 3.63) is 28.2 Å². The van der Waals surface area contributed by atoms with Gasteiger partial charge in [-0.3, -0.25) is 4.90 Å². The predicted molar refractivity (Wildman–Crippen MR) is 84.2 cm³/mol. The minimum absolute atomic E-state index is 0.512. The van der Waals surface area contributed by atoms with Crippen molar-refractivity contribution in [2.45, 2.75) is 13.0 Å².